The first-order valence-corrected chi connectivity index (χ1v) is 4.84. The summed E-state index contributed by atoms with van der Waals surface area (Å²) >= 11 is 0. The van der Waals surface area contributed by atoms with Gasteiger partial charge in [0.2, 0.25) is 0 Å². The second kappa shape index (κ2) is 4.09. The predicted molar refractivity (Wildman–Crippen MR) is 53.8 cm³/mol. The van der Waals surface area contributed by atoms with Gasteiger partial charge in [-0.25, -0.2) is 0 Å². The Morgan fingerprint density at radius 2 is 2.21 bits per heavy atom. The van der Waals surface area contributed by atoms with Crippen molar-refractivity contribution < 1.29 is 9.47 Å². The van der Waals surface area contributed by atoms with Gasteiger partial charge in [0, 0.05) is 12.1 Å². The van der Waals surface area contributed by atoms with Crippen molar-refractivity contribution in [3.8, 4) is 0 Å². The number of nitrogens with two attached hydrogens (primary N) is 1. The Morgan fingerprint density at radius 1 is 1.43 bits per heavy atom. The van der Waals surface area contributed by atoms with Crippen LogP contribution in [0.4, 0.5) is 0 Å². The quantitative estimate of drug-likeness (QED) is 0.771. The van der Waals surface area contributed by atoms with Crippen molar-refractivity contribution in [3.63, 3.8) is 0 Å². The standard InChI is InChI=1S/C11H15NO2/c1-8-4-2-3-5-10(8)11-13-7-9(6-12)14-11/h2-5,9,11H,6-7,12H2,1H3. The Kier molecular flexibility index (Phi) is 2.82. The van der Waals surface area contributed by atoms with Crippen LogP contribution in [0.25, 0.3) is 0 Å². The smallest absolute Gasteiger partial charge is 0.184 e. The maximum atomic E-state index is 5.63. The molecule has 3 nitrogen and oxygen atoms in total. The fourth-order valence-corrected chi connectivity index (χ4v) is 1.59. The van der Waals surface area contributed by atoms with E-state index >= 15 is 0 Å². The van der Waals surface area contributed by atoms with Crippen molar-refractivity contribution in [1.82, 2.24) is 0 Å². The Hall–Kier alpha value is -0.900. The summed E-state index contributed by atoms with van der Waals surface area (Å²) in [6.45, 7) is 3.16. The molecule has 2 atom stereocenters. The molecule has 2 N–H and O–H groups in total. The molecule has 76 valence electrons. The first-order chi connectivity index (χ1) is 6.81. The van der Waals surface area contributed by atoms with E-state index in [1.54, 1.807) is 0 Å². The van der Waals surface area contributed by atoms with E-state index in [-0.39, 0.29) is 12.4 Å². The monoisotopic (exact) mass is 193 g/mol. The summed E-state index contributed by atoms with van der Waals surface area (Å²) in [5, 5.41) is 0. The van der Waals surface area contributed by atoms with Gasteiger partial charge in [0.05, 0.1) is 12.7 Å². The summed E-state index contributed by atoms with van der Waals surface area (Å²) in [4.78, 5) is 0. The average molecular weight is 193 g/mol. The lowest BCUT2D eigenvalue weighted by molar-refractivity contribution is -0.0589. The van der Waals surface area contributed by atoms with Crippen LogP contribution in [0.5, 0.6) is 0 Å². The SMILES string of the molecule is Cc1ccccc1C1OCC(CN)O1. The molecule has 0 saturated carbocycles. The largest absolute Gasteiger partial charge is 0.346 e. The predicted octanol–water partition coefficient (Wildman–Crippen LogP) is 1.37. The maximum absolute atomic E-state index is 5.63. The molecule has 1 aliphatic heterocycles. The molecule has 0 aliphatic carbocycles. The van der Waals surface area contributed by atoms with E-state index in [0.717, 1.165) is 5.56 Å². The molecular weight excluding hydrogens is 178 g/mol. The molecule has 1 aliphatic rings. The summed E-state index contributed by atoms with van der Waals surface area (Å²) < 4.78 is 11.2. The van der Waals surface area contributed by atoms with Crippen molar-refractivity contribution in [2.45, 2.75) is 19.3 Å². The van der Waals surface area contributed by atoms with Crippen LogP contribution in [-0.2, 0) is 9.47 Å². The van der Waals surface area contributed by atoms with E-state index in [4.69, 9.17) is 15.2 Å². The van der Waals surface area contributed by atoms with Gasteiger partial charge in [0.25, 0.3) is 0 Å². The van der Waals surface area contributed by atoms with Crippen molar-refractivity contribution in [1.29, 1.82) is 0 Å². The zero-order valence-electron chi connectivity index (χ0n) is 8.27. The number of ether oxygens (including phenoxy) is 2. The Bertz CT molecular complexity index is 314. The van der Waals surface area contributed by atoms with Crippen molar-refractivity contribution >= 4 is 0 Å². The van der Waals surface area contributed by atoms with E-state index in [2.05, 4.69) is 13.0 Å². The highest BCUT2D eigenvalue weighted by Crippen LogP contribution is 2.28. The highest BCUT2D eigenvalue weighted by Gasteiger charge is 2.26. The fourth-order valence-electron chi connectivity index (χ4n) is 1.59. The topological polar surface area (TPSA) is 44.5 Å². The Morgan fingerprint density at radius 3 is 2.86 bits per heavy atom. The zero-order valence-corrected chi connectivity index (χ0v) is 8.27. The van der Waals surface area contributed by atoms with Crippen LogP contribution in [0.15, 0.2) is 24.3 Å². The molecule has 0 amide bonds. The van der Waals surface area contributed by atoms with E-state index in [1.165, 1.54) is 5.56 Å². The number of hydrogen-bond acceptors (Lipinski definition) is 3. The number of benzene rings is 1. The van der Waals surface area contributed by atoms with Gasteiger partial charge < -0.3 is 15.2 Å². The molecular formula is C11H15NO2. The lowest BCUT2D eigenvalue weighted by atomic mass is 10.1. The van der Waals surface area contributed by atoms with Gasteiger partial charge in [0.1, 0.15) is 0 Å². The first-order valence-electron chi connectivity index (χ1n) is 4.84. The molecule has 1 fully saturated rings. The van der Waals surface area contributed by atoms with Gasteiger partial charge >= 0.3 is 0 Å². The minimum Gasteiger partial charge on any atom is -0.346 e. The molecule has 0 bridgehead atoms. The van der Waals surface area contributed by atoms with E-state index in [1.807, 2.05) is 18.2 Å². The molecule has 2 rings (SSSR count). The van der Waals surface area contributed by atoms with Gasteiger partial charge in [-0.05, 0) is 12.5 Å². The summed E-state index contributed by atoms with van der Waals surface area (Å²) in [6, 6.07) is 8.08. The first kappa shape index (κ1) is 9.65. The van der Waals surface area contributed by atoms with Crippen molar-refractivity contribution in [2.24, 2.45) is 5.73 Å². The number of aryl methyl sites for hydroxylation is 1. The molecule has 0 aromatic heterocycles. The van der Waals surface area contributed by atoms with E-state index in [0.29, 0.717) is 13.2 Å². The van der Waals surface area contributed by atoms with Crippen molar-refractivity contribution in [3.05, 3.63) is 35.4 Å². The minimum absolute atomic E-state index is 0.0413. The lowest BCUT2D eigenvalue weighted by Gasteiger charge is -2.12. The molecule has 1 heterocycles. The highest BCUT2D eigenvalue weighted by molar-refractivity contribution is 5.26. The third kappa shape index (κ3) is 1.80. The molecule has 1 saturated heterocycles. The normalized spacial score (nSPS) is 26.7. The molecule has 3 heteroatoms. The molecule has 2 unspecified atom stereocenters. The molecule has 1 aromatic carbocycles. The third-order valence-corrected chi connectivity index (χ3v) is 2.45. The molecule has 0 radical (unpaired) electrons. The second-order valence-electron chi connectivity index (χ2n) is 3.52. The Labute approximate surface area is 83.8 Å². The van der Waals surface area contributed by atoms with E-state index in [9.17, 15) is 0 Å². The lowest BCUT2D eigenvalue weighted by Crippen LogP contribution is -2.21. The number of rotatable bonds is 2. The highest BCUT2D eigenvalue weighted by atomic mass is 16.7. The molecule has 1 aromatic rings. The van der Waals surface area contributed by atoms with E-state index < -0.39 is 0 Å². The summed E-state index contributed by atoms with van der Waals surface area (Å²) in [5.74, 6) is 0. The van der Waals surface area contributed by atoms with Crippen molar-refractivity contribution in [2.75, 3.05) is 13.2 Å². The molecule has 14 heavy (non-hydrogen) atoms. The zero-order chi connectivity index (χ0) is 9.97. The number of hydrogen-bond donors (Lipinski definition) is 1. The van der Waals surface area contributed by atoms with Gasteiger partial charge in [-0.2, -0.15) is 0 Å². The maximum Gasteiger partial charge on any atom is 0.184 e. The van der Waals surface area contributed by atoms with Gasteiger partial charge in [0.15, 0.2) is 6.29 Å². The van der Waals surface area contributed by atoms with Crippen LogP contribution < -0.4 is 5.73 Å². The third-order valence-electron chi connectivity index (χ3n) is 2.45. The summed E-state index contributed by atoms with van der Waals surface area (Å²) in [7, 11) is 0. The molecule has 0 spiro atoms. The van der Waals surface area contributed by atoms with Crippen LogP contribution in [0.2, 0.25) is 0 Å². The second-order valence-corrected chi connectivity index (χ2v) is 3.52. The summed E-state index contributed by atoms with van der Waals surface area (Å²) in [6.07, 6.45) is -0.190. The van der Waals surface area contributed by atoms with Crippen LogP contribution in [-0.4, -0.2) is 19.3 Å². The van der Waals surface area contributed by atoms with Gasteiger partial charge in [-0.1, -0.05) is 24.3 Å². The van der Waals surface area contributed by atoms with Crippen LogP contribution >= 0.6 is 0 Å². The summed E-state index contributed by atoms with van der Waals surface area (Å²) in [5.41, 5.74) is 7.80. The van der Waals surface area contributed by atoms with Crippen LogP contribution in [0.1, 0.15) is 17.4 Å². The Balaban J connectivity index is 2.13. The minimum atomic E-state index is -0.232. The van der Waals surface area contributed by atoms with Crippen LogP contribution in [0, 0.1) is 6.92 Å². The van der Waals surface area contributed by atoms with Gasteiger partial charge in [-0.15, -0.1) is 0 Å². The van der Waals surface area contributed by atoms with Crippen LogP contribution in [0.3, 0.4) is 0 Å². The fraction of sp³-hybridized carbons (Fsp3) is 0.455. The van der Waals surface area contributed by atoms with Gasteiger partial charge in [-0.3, -0.25) is 0 Å². The average Bonchev–Trinajstić information content (AvgIpc) is 2.67.